The molecule has 1 saturated heterocycles. The van der Waals surface area contributed by atoms with Gasteiger partial charge in [0.15, 0.2) is 0 Å². The Labute approximate surface area is 101 Å². The first kappa shape index (κ1) is 9.43. The zero-order valence-electron chi connectivity index (χ0n) is 9.69. The van der Waals surface area contributed by atoms with Crippen LogP contribution in [-0.4, -0.2) is 6.54 Å². The van der Waals surface area contributed by atoms with E-state index in [1.165, 1.54) is 28.7 Å². The van der Waals surface area contributed by atoms with Crippen LogP contribution in [0.15, 0.2) is 48.5 Å². The van der Waals surface area contributed by atoms with Gasteiger partial charge in [-0.3, -0.25) is 0 Å². The van der Waals surface area contributed by atoms with Crippen molar-refractivity contribution in [2.45, 2.75) is 18.4 Å². The summed E-state index contributed by atoms with van der Waals surface area (Å²) in [5.74, 6) is 0.668. The number of hydrogen-bond acceptors (Lipinski definition) is 1. The molecule has 1 heteroatoms. The van der Waals surface area contributed by atoms with Crippen LogP contribution in [0.3, 0.4) is 0 Å². The fourth-order valence-electron chi connectivity index (χ4n) is 3.44. The van der Waals surface area contributed by atoms with Crippen molar-refractivity contribution >= 4 is 0 Å². The van der Waals surface area contributed by atoms with E-state index in [4.69, 9.17) is 0 Å². The monoisotopic (exact) mass is 221 g/mol. The Morgan fingerprint density at radius 2 is 1.47 bits per heavy atom. The second-order valence-corrected chi connectivity index (χ2v) is 5.00. The standard InChI is InChI=1S/C16H15N/c1-2-7-13-11(5-1)12-6-3-4-8-14(12)16-15(13)9-10-17-16/h1-8,15-17H,9-10H2. The Morgan fingerprint density at radius 3 is 2.29 bits per heavy atom. The summed E-state index contributed by atoms with van der Waals surface area (Å²) < 4.78 is 0. The lowest BCUT2D eigenvalue weighted by Gasteiger charge is -2.30. The second-order valence-electron chi connectivity index (χ2n) is 5.00. The fraction of sp³-hybridized carbons (Fsp3) is 0.250. The van der Waals surface area contributed by atoms with Crippen molar-refractivity contribution in [3.05, 3.63) is 59.7 Å². The summed E-state index contributed by atoms with van der Waals surface area (Å²) in [4.78, 5) is 0. The Hall–Kier alpha value is -1.60. The van der Waals surface area contributed by atoms with Crippen molar-refractivity contribution in [1.82, 2.24) is 5.32 Å². The average Bonchev–Trinajstić information content (AvgIpc) is 2.89. The maximum atomic E-state index is 3.66. The van der Waals surface area contributed by atoms with Crippen molar-refractivity contribution < 1.29 is 0 Å². The van der Waals surface area contributed by atoms with Crippen LogP contribution in [0.1, 0.15) is 29.5 Å². The third kappa shape index (κ3) is 1.23. The lowest BCUT2D eigenvalue weighted by Crippen LogP contribution is -2.21. The van der Waals surface area contributed by atoms with Gasteiger partial charge in [-0.15, -0.1) is 0 Å². The van der Waals surface area contributed by atoms with E-state index in [9.17, 15) is 0 Å². The highest BCUT2D eigenvalue weighted by molar-refractivity contribution is 5.75. The molecule has 2 unspecified atom stereocenters. The summed E-state index contributed by atoms with van der Waals surface area (Å²) >= 11 is 0. The van der Waals surface area contributed by atoms with Gasteiger partial charge in [0.05, 0.1) is 0 Å². The Balaban J connectivity index is 2.04. The molecule has 0 spiro atoms. The highest BCUT2D eigenvalue weighted by Gasteiger charge is 2.36. The van der Waals surface area contributed by atoms with Gasteiger partial charge in [0, 0.05) is 12.0 Å². The highest BCUT2D eigenvalue weighted by Crippen LogP contribution is 2.48. The minimum atomic E-state index is 0.529. The van der Waals surface area contributed by atoms with Gasteiger partial charge in [0.1, 0.15) is 0 Å². The quantitative estimate of drug-likeness (QED) is 0.718. The molecule has 2 aromatic rings. The molecular weight excluding hydrogens is 206 g/mol. The molecule has 1 aliphatic heterocycles. The van der Waals surface area contributed by atoms with Gasteiger partial charge in [-0.1, -0.05) is 48.5 Å². The molecule has 2 atom stereocenters. The van der Waals surface area contributed by atoms with Gasteiger partial charge >= 0.3 is 0 Å². The zero-order chi connectivity index (χ0) is 11.2. The highest BCUT2D eigenvalue weighted by atomic mass is 15.0. The lowest BCUT2D eigenvalue weighted by atomic mass is 9.76. The predicted molar refractivity (Wildman–Crippen MR) is 70.0 cm³/mol. The van der Waals surface area contributed by atoms with E-state index in [2.05, 4.69) is 53.8 Å². The zero-order valence-corrected chi connectivity index (χ0v) is 9.69. The van der Waals surface area contributed by atoms with Crippen molar-refractivity contribution in [1.29, 1.82) is 0 Å². The predicted octanol–water partition coefficient (Wildman–Crippen LogP) is 3.49. The van der Waals surface area contributed by atoms with Crippen LogP contribution in [0.5, 0.6) is 0 Å². The first-order valence-electron chi connectivity index (χ1n) is 6.37. The molecule has 2 aromatic carbocycles. The van der Waals surface area contributed by atoms with Crippen LogP contribution in [-0.2, 0) is 0 Å². The lowest BCUT2D eigenvalue weighted by molar-refractivity contribution is 0.572. The summed E-state index contributed by atoms with van der Waals surface area (Å²) in [6.07, 6.45) is 1.26. The largest absolute Gasteiger partial charge is 0.309 e. The second kappa shape index (κ2) is 3.44. The molecule has 0 radical (unpaired) electrons. The van der Waals surface area contributed by atoms with E-state index in [1.807, 2.05) is 0 Å². The summed E-state index contributed by atoms with van der Waals surface area (Å²) in [6.45, 7) is 1.14. The topological polar surface area (TPSA) is 12.0 Å². The molecule has 0 saturated carbocycles. The van der Waals surface area contributed by atoms with Gasteiger partial charge in [-0.25, -0.2) is 0 Å². The van der Waals surface area contributed by atoms with Gasteiger partial charge in [-0.05, 0) is 35.2 Å². The molecule has 4 rings (SSSR count). The number of hydrogen-bond donors (Lipinski definition) is 1. The van der Waals surface area contributed by atoms with Gasteiger partial charge in [0.25, 0.3) is 0 Å². The molecule has 17 heavy (non-hydrogen) atoms. The molecule has 0 amide bonds. The van der Waals surface area contributed by atoms with Crippen molar-refractivity contribution in [3.63, 3.8) is 0 Å². The summed E-state index contributed by atoms with van der Waals surface area (Å²) in [5.41, 5.74) is 5.86. The van der Waals surface area contributed by atoms with E-state index in [1.54, 1.807) is 0 Å². The third-order valence-corrected chi connectivity index (χ3v) is 4.17. The van der Waals surface area contributed by atoms with Crippen LogP contribution in [0, 0.1) is 0 Å². The molecule has 1 nitrogen and oxygen atoms in total. The first-order valence-corrected chi connectivity index (χ1v) is 6.37. The summed E-state index contributed by atoms with van der Waals surface area (Å²) in [6, 6.07) is 18.3. The van der Waals surface area contributed by atoms with E-state index in [0.29, 0.717) is 12.0 Å². The Morgan fingerprint density at radius 1 is 0.824 bits per heavy atom. The van der Waals surface area contributed by atoms with E-state index in [0.717, 1.165) is 6.54 Å². The smallest absolute Gasteiger partial charge is 0.0396 e. The van der Waals surface area contributed by atoms with E-state index >= 15 is 0 Å². The third-order valence-electron chi connectivity index (χ3n) is 4.17. The minimum Gasteiger partial charge on any atom is -0.309 e. The number of nitrogens with one attached hydrogen (secondary N) is 1. The molecule has 1 heterocycles. The molecule has 1 N–H and O–H groups in total. The van der Waals surface area contributed by atoms with Gasteiger partial charge < -0.3 is 5.32 Å². The first-order chi connectivity index (χ1) is 8.45. The maximum Gasteiger partial charge on any atom is 0.0396 e. The van der Waals surface area contributed by atoms with Crippen LogP contribution in [0.4, 0.5) is 0 Å². The van der Waals surface area contributed by atoms with Crippen LogP contribution >= 0.6 is 0 Å². The molecule has 1 aliphatic carbocycles. The summed E-state index contributed by atoms with van der Waals surface area (Å²) in [5, 5.41) is 3.66. The van der Waals surface area contributed by atoms with Crippen molar-refractivity contribution in [3.8, 4) is 11.1 Å². The van der Waals surface area contributed by atoms with Gasteiger partial charge in [0.2, 0.25) is 0 Å². The van der Waals surface area contributed by atoms with Gasteiger partial charge in [-0.2, -0.15) is 0 Å². The maximum absolute atomic E-state index is 3.66. The van der Waals surface area contributed by atoms with E-state index < -0.39 is 0 Å². The minimum absolute atomic E-state index is 0.529. The van der Waals surface area contributed by atoms with Crippen molar-refractivity contribution in [2.24, 2.45) is 0 Å². The Bertz CT molecular complexity index is 522. The van der Waals surface area contributed by atoms with Crippen LogP contribution in [0.2, 0.25) is 0 Å². The normalized spacial score (nSPS) is 24.9. The number of rotatable bonds is 0. The molecule has 0 bridgehead atoms. The molecule has 1 fully saturated rings. The van der Waals surface area contributed by atoms with Crippen molar-refractivity contribution in [2.75, 3.05) is 6.54 Å². The molecular formula is C16H15N. The molecule has 84 valence electrons. The summed E-state index contributed by atoms with van der Waals surface area (Å²) in [7, 11) is 0. The van der Waals surface area contributed by atoms with Crippen LogP contribution < -0.4 is 5.32 Å². The van der Waals surface area contributed by atoms with E-state index in [-0.39, 0.29) is 0 Å². The number of benzene rings is 2. The molecule has 0 aromatic heterocycles. The average molecular weight is 221 g/mol. The van der Waals surface area contributed by atoms with Crippen LogP contribution in [0.25, 0.3) is 11.1 Å². The Kier molecular flexibility index (Phi) is 1.91. The molecule has 2 aliphatic rings. The SMILES string of the molecule is c1ccc2c(c1)-c1ccccc1C1NCCC21. The number of fused-ring (bicyclic) bond motifs is 6. The fourth-order valence-corrected chi connectivity index (χ4v) is 3.44.